The van der Waals surface area contributed by atoms with Crippen molar-refractivity contribution in [3.8, 4) is 0 Å². The van der Waals surface area contributed by atoms with Crippen LogP contribution in [0.4, 0.5) is 5.82 Å². The van der Waals surface area contributed by atoms with Crippen LogP contribution >= 0.6 is 27.7 Å². The smallest absolute Gasteiger partial charge is 0.144 e. The van der Waals surface area contributed by atoms with E-state index in [2.05, 4.69) is 42.0 Å². The predicted octanol–water partition coefficient (Wildman–Crippen LogP) is 4.83. The molecule has 5 heteroatoms. The predicted molar refractivity (Wildman–Crippen MR) is 91.5 cm³/mol. The Morgan fingerprint density at radius 3 is 2.80 bits per heavy atom. The standard InChI is InChI=1S/C15H24BrN3S/c1-4-7-17-15-13(16)11(9-10(2)3)18-14(19-15)12-6-5-8-20-12/h10,12H,4-9H2,1-3H3,(H,17,18,19). The van der Waals surface area contributed by atoms with Crippen molar-refractivity contribution in [1.82, 2.24) is 9.97 Å². The Bertz CT molecular complexity index is 445. The van der Waals surface area contributed by atoms with Gasteiger partial charge in [-0.05, 0) is 53.3 Å². The van der Waals surface area contributed by atoms with E-state index in [1.54, 1.807) is 0 Å². The van der Waals surface area contributed by atoms with Gasteiger partial charge in [0, 0.05) is 6.54 Å². The summed E-state index contributed by atoms with van der Waals surface area (Å²) in [6.07, 6.45) is 4.59. The van der Waals surface area contributed by atoms with Gasteiger partial charge in [0.2, 0.25) is 0 Å². The summed E-state index contributed by atoms with van der Waals surface area (Å²) >= 11 is 5.68. The van der Waals surface area contributed by atoms with Crippen molar-refractivity contribution in [1.29, 1.82) is 0 Å². The molecule has 1 unspecified atom stereocenters. The van der Waals surface area contributed by atoms with Crippen LogP contribution in [0.3, 0.4) is 0 Å². The summed E-state index contributed by atoms with van der Waals surface area (Å²) in [4.78, 5) is 9.61. The summed E-state index contributed by atoms with van der Waals surface area (Å²) in [5.74, 6) is 3.83. The Morgan fingerprint density at radius 1 is 1.40 bits per heavy atom. The van der Waals surface area contributed by atoms with E-state index in [1.807, 2.05) is 11.8 Å². The maximum Gasteiger partial charge on any atom is 0.144 e. The molecule has 1 aliphatic heterocycles. The molecule has 20 heavy (non-hydrogen) atoms. The molecule has 0 aromatic carbocycles. The van der Waals surface area contributed by atoms with Crippen LogP contribution in [0.5, 0.6) is 0 Å². The van der Waals surface area contributed by atoms with Gasteiger partial charge < -0.3 is 5.32 Å². The Morgan fingerprint density at radius 2 is 2.20 bits per heavy atom. The van der Waals surface area contributed by atoms with Gasteiger partial charge in [-0.1, -0.05) is 20.8 Å². The molecule has 1 atom stereocenters. The fourth-order valence-electron chi connectivity index (χ4n) is 2.32. The molecule has 1 fully saturated rings. The zero-order valence-electron chi connectivity index (χ0n) is 12.6. The summed E-state index contributed by atoms with van der Waals surface area (Å²) < 4.78 is 1.05. The lowest BCUT2D eigenvalue weighted by Gasteiger charge is -2.16. The monoisotopic (exact) mass is 357 g/mol. The fourth-order valence-corrected chi connectivity index (χ4v) is 4.01. The largest absolute Gasteiger partial charge is 0.369 e. The zero-order chi connectivity index (χ0) is 14.5. The first-order chi connectivity index (χ1) is 9.61. The Balaban J connectivity index is 2.30. The normalized spacial score (nSPS) is 18.8. The van der Waals surface area contributed by atoms with Crippen molar-refractivity contribution in [3.63, 3.8) is 0 Å². The first kappa shape index (κ1) is 16.1. The van der Waals surface area contributed by atoms with Crippen LogP contribution < -0.4 is 5.32 Å². The second-order valence-electron chi connectivity index (χ2n) is 5.72. The summed E-state index contributed by atoms with van der Waals surface area (Å²) in [6.45, 7) is 7.59. The molecule has 0 amide bonds. The second-order valence-corrected chi connectivity index (χ2v) is 7.82. The van der Waals surface area contributed by atoms with Crippen LogP contribution in [-0.2, 0) is 6.42 Å². The van der Waals surface area contributed by atoms with Crippen LogP contribution in [0.15, 0.2) is 4.47 Å². The summed E-state index contributed by atoms with van der Waals surface area (Å²) in [7, 11) is 0. The molecule has 2 rings (SSSR count). The highest BCUT2D eigenvalue weighted by atomic mass is 79.9. The Hall–Kier alpha value is -0.290. The molecule has 112 valence electrons. The van der Waals surface area contributed by atoms with E-state index in [9.17, 15) is 0 Å². The quantitative estimate of drug-likeness (QED) is 0.791. The second kappa shape index (κ2) is 7.64. The summed E-state index contributed by atoms with van der Waals surface area (Å²) in [5.41, 5.74) is 1.15. The minimum Gasteiger partial charge on any atom is -0.369 e. The lowest BCUT2D eigenvalue weighted by Crippen LogP contribution is -2.11. The lowest BCUT2D eigenvalue weighted by molar-refractivity contribution is 0.625. The Kier molecular flexibility index (Phi) is 6.15. The lowest BCUT2D eigenvalue weighted by atomic mass is 10.1. The summed E-state index contributed by atoms with van der Waals surface area (Å²) in [6, 6.07) is 0. The van der Waals surface area contributed by atoms with Gasteiger partial charge in [-0.15, -0.1) is 0 Å². The van der Waals surface area contributed by atoms with Gasteiger partial charge in [-0.3, -0.25) is 0 Å². The average molecular weight is 358 g/mol. The van der Waals surface area contributed by atoms with E-state index in [0.717, 1.165) is 41.2 Å². The maximum absolute atomic E-state index is 4.84. The first-order valence-electron chi connectivity index (χ1n) is 7.53. The molecule has 0 saturated carbocycles. The van der Waals surface area contributed by atoms with Crippen molar-refractivity contribution in [2.45, 2.75) is 51.7 Å². The van der Waals surface area contributed by atoms with Crippen LogP contribution in [0, 0.1) is 5.92 Å². The highest BCUT2D eigenvalue weighted by Crippen LogP contribution is 2.39. The van der Waals surface area contributed by atoms with Crippen molar-refractivity contribution >= 4 is 33.5 Å². The van der Waals surface area contributed by atoms with E-state index in [4.69, 9.17) is 9.97 Å². The topological polar surface area (TPSA) is 37.8 Å². The molecular formula is C15H24BrN3S. The van der Waals surface area contributed by atoms with Crippen molar-refractivity contribution in [3.05, 3.63) is 16.0 Å². The number of nitrogens with zero attached hydrogens (tertiary/aromatic N) is 2. The third kappa shape index (κ3) is 4.10. The molecule has 1 aromatic rings. The minimum absolute atomic E-state index is 0.483. The highest BCUT2D eigenvalue weighted by molar-refractivity contribution is 9.10. The average Bonchev–Trinajstić information content (AvgIpc) is 2.93. The summed E-state index contributed by atoms with van der Waals surface area (Å²) in [5, 5.41) is 3.92. The zero-order valence-corrected chi connectivity index (χ0v) is 15.0. The molecule has 3 nitrogen and oxygen atoms in total. The maximum atomic E-state index is 4.84. The molecule has 2 heterocycles. The fraction of sp³-hybridized carbons (Fsp3) is 0.733. The van der Waals surface area contributed by atoms with Crippen LogP contribution in [0.2, 0.25) is 0 Å². The molecule has 0 bridgehead atoms. The molecule has 1 saturated heterocycles. The number of halogens is 1. The van der Waals surface area contributed by atoms with Crippen molar-refractivity contribution < 1.29 is 0 Å². The number of thioether (sulfide) groups is 1. The third-order valence-corrected chi connectivity index (χ3v) is 5.51. The molecule has 1 aliphatic rings. The SMILES string of the molecule is CCCNc1nc(C2CCCS2)nc(CC(C)C)c1Br. The van der Waals surface area contributed by atoms with Crippen LogP contribution in [-0.4, -0.2) is 22.3 Å². The van der Waals surface area contributed by atoms with E-state index in [0.29, 0.717) is 11.2 Å². The van der Waals surface area contributed by atoms with Gasteiger partial charge in [-0.2, -0.15) is 11.8 Å². The number of hydrogen-bond acceptors (Lipinski definition) is 4. The molecule has 0 aliphatic carbocycles. The number of rotatable bonds is 6. The van der Waals surface area contributed by atoms with E-state index >= 15 is 0 Å². The van der Waals surface area contributed by atoms with Gasteiger partial charge in [0.15, 0.2) is 0 Å². The molecular weight excluding hydrogens is 334 g/mol. The van der Waals surface area contributed by atoms with Gasteiger partial charge >= 0.3 is 0 Å². The van der Waals surface area contributed by atoms with Crippen LogP contribution in [0.25, 0.3) is 0 Å². The van der Waals surface area contributed by atoms with Crippen molar-refractivity contribution in [2.75, 3.05) is 17.6 Å². The first-order valence-corrected chi connectivity index (χ1v) is 9.37. The van der Waals surface area contributed by atoms with E-state index in [-0.39, 0.29) is 0 Å². The van der Waals surface area contributed by atoms with E-state index < -0.39 is 0 Å². The van der Waals surface area contributed by atoms with Gasteiger partial charge in [0.25, 0.3) is 0 Å². The van der Waals surface area contributed by atoms with Crippen molar-refractivity contribution in [2.24, 2.45) is 5.92 Å². The number of aromatic nitrogens is 2. The number of anilines is 1. The van der Waals surface area contributed by atoms with E-state index in [1.165, 1.54) is 18.6 Å². The van der Waals surface area contributed by atoms with Crippen LogP contribution in [0.1, 0.15) is 56.8 Å². The molecule has 1 N–H and O–H groups in total. The van der Waals surface area contributed by atoms with Gasteiger partial charge in [-0.25, -0.2) is 9.97 Å². The minimum atomic E-state index is 0.483. The molecule has 1 aromatic heterocycles. The number of hydrogen-bond donors (Lipinski definition) is 1. The highest BCUT2D eigenvalue weighted by Gasteiger charge is 2.23. The third-order valence-electron chi connectivity index (χ3n) is 3.30. The molecule has 0 radical (unpaired) electrons. The molecule has 0 spiro atoms. The number of nitrogens with one attached hydrogen (secondary N) is 1. The van der Waals surface area contributed by atoms with Gasteiger partial charge in [0.05, 0.1) is 15.4 Å². The van der Waals surface area contributed by atoms with Gasteiger partial charge in [0.1, 0.15) is 11.6 Å². The Labute approximate surface area is 134 Å².